The summed E-state index contributed by atoms with van der Waals surface area (Å²) in [7, 11) is 0. The van der Waals surface area contributed by atoms with Gasteiger partial charge in [0.25, 0.3) is 5.91 Å². The van der Waals surface area contributed by atoms with Gasteiger partial charge in [-0.15, -0.1) is 0 Å². The first-order chi connectivity index (χ1) is 12.9. The standard InChI is InChI=1S/C21H17F3N2O/c22-21(23,24)19-10-2-1-9-18(19)20(27)26-17-8-5-6-15(14-17)11-12-16-7-3-4-13-25-16/h1-10,13-14H,11-12H2,(H,26,27). The van der Waals surface area contributed by atoms with Crippen LogP contribution in [0.1, 0.15) is 27.2 Å². The molecule has 0 atom stereocenters. The Bertz CT molecular complexity index is 924. The summed E-state index contributed by atoms with van der Waals surface area (Å²) >= 11 is 0. The van der Waals surface area contributed by atoms with E-state index in [1.54, 1.807) is 24.4 Å². The second-order valence-electron chi connectivity index (χ2n) is 6.02. The van der Waals surface area contributed by atoms with Crippen LogP contribution in [0.3, 0.4) is 0 Å². The number of pyridine rings is 1. The average Bonchev–Trinajstić information content (AvgIpc) is 2.67. The van der Waals surface area contributed by atoms with Crippen molar-refractivity contribution in [3.8, 4) is 0 Å². The Balaban J connectivity index is 1.72. The number of halogens is 3. The fourth-order valence-electron chi connectivity index (χ4n) is 2.75. The molecule has 0 saturated heterocycles. The quantitative estimate of drug-likeness (QED) is 0.676. The van der Waals surface area contributed by atoms with Crippen molar-refractivity contribution in [2.45, 2.75) is 19.0 Å². The van der Waals surface area contributed by atoms with Gasteiger partial charge in [0.2, 0.25) is 0 Å². The van der Waals surface area contributed by atoms with Gasteiger partial charge in [-0.25, -0.2) is 0 Å². The van der Waals surface area contributed by atoms with Gasteiger partial charge >= 0.3 is 6.18 Å². The Morgan fingerprint density at radius 3 is 2.44 bits per heavy atom. The lowest BCUT2D eigenvalue weighted by Gasteiger charge is -2.13. The molecule has 1 heterocycles. The average molecular weight is 370 g/mol. The molecule has 0 radical (unpaired) electrons. The van der Waals surface area contributed by atoms with E-state index in [0.29, 0.717) is 12.1 Å². The predicted octanol–water partition coefficient (Wildman–Crippen LogP) is 5.14. The number of rotatable bonds is 5. The van der Waals surface area contributed by atoms with Crippen LogP contribution in [0.5, 0.6) is 0 Å². The third kappa shape index (κ3) is 4.94. The van der Waals surface area contributed by atoms with E-state index in [0.717, 1.165) is 23.7 Å². The zero-order valence-corrected chi connectivity index (χ0v) is 14.3. The number of hydrogen-bond donors (Lipinski definition) is 1. The first-order valence-corrected chi connectivity index (χ1v) is 8.40. The SMILES string of the molecule is O=C(Nc1cccc(CCc2ccccn2)c1)c1ccccc1C(F)(F)F. The number of amides is 1. The van der Waals surface area contributed by atoms with Crippen molar-refractivity contribution in [3.63, 3.8) is 0 Å². The van der Waals surface area contributed by atoms with E-state index in [-0.39, 0.29) is 0 Å². The van der Waals surface area contributed by atoms with Crippen molar-refractivity contribution in [1.29, 1.82) is 0 Å². The van der Waals surface area contributed by atoms with Crippen LogP contribution < -0.4 is 5.32 Å². The highest BCUT2D eigenvalue weighted by Crippen LogP contribution is 2.32. The molecule has 0 aliphatic heterocycles. The molecule has 0 saturated carbocycles. The van der Waals surface area contributed by atoms with Crippen molar-refractivity contribution < 1.29 is 18.0 Å². The van der Waals surface area contributed by atoms with Crippen LogP contribution in [0.4, 0.5) is 18.9 Å². The van der Waals surface area contributed by atoms with Crippen LogP contribution in [0, 0.1) is 0 Å². The number of hydrogen-bond acceptors (Lipinski definition) is 2. The Morgan fingerprint density at radius 1 is 0.926 bits per heavy atom. The summed E-state index contributed by atoms with van der Waals surface area (Å²) in [5.41, 5.74) is 1.02. The molecule has 3 aromatic rings. The Kier molecular flexibility index (Phi) is 5.54. The largest absolute Gasteiger partial charge is 0.417 e. The monoisotopic (exact) mass is 370 g/mol. The van der Waals surface area contributed by atoms with Crippen LogP contribution in [0.2, 0.25) is 0 Å². The molecule has 3 rings (SSSR count). The third-order valence-electron chi connectivity index (χ3n) is 4.06. The van der Waals surface area contributed by atoms with Crippen molar-refractivity contribution in [1.82, 2.24) is 4.98 Å². The van der Waals surface area contributed by atoms with Crippen LogP contribution in [0.25, 0.3) is 0 Å². The highest BCUT2D eigenvalue weighted by molar-refractivity contribution is 6.05. The van der Waals surface area contributed by atoms with E-state index in [1.807, 2.05) is 24.3 Å². The topological polar surface area (TPSA) is 42.0 Å². The van der Waals surface area contributed by atoms with E-state index in [4.69, 9.17) is 0 Å². The summed E-state index contributed by atoms with van der Waals surface area (Å²) in [5, 5.41) is 2.55. The molecular formula is C21H17F3N2O. The summed E-state index contributed by atoms with van der Waals surface area (Å²) in [6.07, 6.45) is -1.42. The van der Waals surface area contributed by atoms with E-state index >= 15 is 0 Å². The zero-order valence-electron chi connectivity index (χ0n) is 14.3. The minimum absolute atomic E-state index is 0.399. The summed E-state index contributed by atoms with van der Waals surface area (Å²) < 4.78 is 39.3. The van der Waals surface area contributed by atoms with Crippen LogP contribution in [0.15, 0.2) is 72.9 Å². The van der Waals surface area contributed by atoms with Gasteiger partial charge in [-0.05, 0) is 54.8 Å². The van der Waals surface area contributed by atoms with Gasteiger partial charge in [0, 0.05) is 17.6 Å². The van der Waals surface area contributed by atoms with Gasteiger partial charge in [0.1, 0.15) is 0 Å². The Morgan fingerprint density at radius 2 is 1.70 bits per heavy atom. The summed E-state index contributed by atoms with van der Waals surface area (Å²) in [4.78, 5) is 16.6. The summed E-state index contributed by atoms with van der Waals surface area (Å²) in [6.45, 7) is 0. The normalized spacial score (nSPS) is 11.2. The van der Waals surface area contributed by atoms with Crippen LogP contribution >= 0.6 is 0 Å². The number of carbonyl (C=O) groups is 1. The molecule has 0 aliphatic rings. The van der Waals surface area contributed by atoms with Crippen LogP contribution in [-0.4, -0.2) is 10.9 Å². The number of nitrogens with zero attached hydrogens (tertiary/aromatic N) is 1. The maximum Gasteiger partial charge on any atom is 0.417 e. The molecule has 2 aromatic carbocycles. The molecule has 138 valence electrons. The van der Waals surface area contributed by atoms with Crippen molar-refractivity contribution in [2.75, 3.05) is 5.32 Å². The van der Waals surface area contributed by atoms with E-state index < -0.39 is 23.2 Å². The first kappa shape index (κ1) is 18.6. The molecule has 0 aliphatic carbocycles. The number of alkyl halides is 3. The fraction of sp³-hybridized carbons (Fsp3) is 0.143. The van der Waals surface area contributed by atoms with E-state index in [2.05, 4.69) is 10.3 Å². The molecule has 1 aromatic heterocycles. The van der Waals surface area contributed by atoms with Crippen molar-refractivity contribution in [3.05, 3.63) is 95.3 Å². The summed E-state index contributed by atoms with van der Waals surface area (Å²) in [6, 6.07) is 17.5. The highest BCUT2D eigenvalue weighted by atomic mass is 19.4. The number of aryl methyl sites for hydroxylation is 2. The number of aromatic nitrogens is 1. The summed E-state index contributed by atoms with van der Waals surface area (Å²) in [5.74, 6) is -0.787. The molecule has 0 fully saturated rings. The van der Waals surface area contributed by atoms with Crippen molar-refractivity contribution in [2.24, 2.45) is 0 Å². The van der Waals surface area contributed by atoms with Gasteiger partial charge in [-0.1, -0.05) is 30.3 Å². The van der Waals surface area contributed by atoms with Gasteiger partial charge in [-0.2, -0.15) is 13.2 Å². The molecule has 6 heteroatoms. The highest BCUT2D eigenvalue weighted by Gasteiger charge is 2.34. The smallest absolute Gasteiger partial charge is 0.322 e. The number of nitrogens with one attached hydrogen (secondary N) is 1. The second kappa shape index (κ2) is 8.03. The molecular weight excluding hydrogens is 353 g/mol. The minimum atomic E-state index is -4.58. The minimum Gasteiger partial charge on any atom is -0.322 e. The molecule has 1 N–H and O–H groups in total. The van der Waals surface area contributed by atoms with E-state index in [1.165, 1.54) is 18.2 Å². The van der Waals surface area contributed by atoms with Gasteiger partial charge in [0.15, 0.2) is 0 Å². The number of anilines is 1. The maximum atomic E-state index is 13.1. The molecule has 3 nitrogen and oxygen atoms in total. The zero-order chi connectivity index (χ0) is 19.3. The second-order valence-corrected chi connectivity index (χ2v) is 6.02. The fourth-order valence-corrected chi connectivity index (χ4v) is 2.75. The molecule has 27 heavy (non-hydrogen) atoms. The maximum absolute atomic E-state index is 13.1. The first-order valence-electron chi connectivity index (χ1n) is 8.40. The number of benzene rings is 2. The van der Waals surface area contributed by atoms with E-state index in [9.17, 15) is 18.0 Å². The lowest BCUT2D eigenvalue weighted by atomic mass is 10.1. The molecule has 1 amide bonds. The number of carbonyl (C=O) groups excluding carboxylic acids is 1. The van der Waals surface area contributed by atoms with Gasteiger partial charge in [0.05, 0.1) is 11.1 Å². The van der Waals surface area contributed by atoms with Gasteiger partial charge in [-0.3, -0.25) is 9.78 Å². The van der Waals surface area contributed by atoms with Crippen LogP contribution in [-0.2, 0) is 19.0 Å². The van der Waals surface area contributed by atoms with Gasteiger partial charge < -0.3 is 5.32 Å². The lowest BCUT2D eigenvalue weighted by molar-refractivity contribution is -0.137. The predicted molar refractivity (Wildman–Crippen MR) is 97.5 cm³/mol. The third-order valence-corrected chi connectivity index (χ3v) is 4.06. The molecule has 0 spiro atoms. The Hall–Kier alpha value is -3.15. The molecule has 0 unspecified atom stereocenters. The lowest BCUT2D eigenvalue weighted by Crippen LogP contribution is -2.18. The Labute approximate surface area is 154 Å². The van der Waals surface area contributed by atoms with Crippen molar-refractivity contribution >= 4 is 11.6 Å². The molecule has 0 bridgehead atoms.